The number of hydrogen-bond donors (Lipinski definition) is 2. The van der Waals surface area contributed by atoms with E-state index in [2.05, 4.69) is 12.1 Å². The van der Waals surface area contributed by atoms with E-state index in [1.807, 2.05) is 18.2 Å². The molecular formula is C10H14O2Se. The summed E-state index contributed by atoms with van der Waals surface area (Å²) < 4.78 is 0. The Morgan fingerprint density at radius 1 is 1.23 bits per heavy atom. The third-order valence-corrected chi connectivity index (χ3v) is 4.06. The predicted octanol–water partition coefficient (Wildman–Crippen LogP) is 0.662. The van der Waals surface area contributed by atoms with Crippen LogP contribution in [0.4, 0.5) is 0 Å². The molecular weight excluding hydrogens is 231 g/mol. The molecule has 0 aromatic heterocycles. The first-order chi connectivity index (χ1) is 6.33. The monoisotopic (exact) mass is 246 g/mol. The molecule has 0 bridgehead atoms. The molecule has 0 heterocycles. The average molecular weight is 245 g/mol. The Kier molecular flexibility index (Phi) is 5.09. The van der Waals surface area contributed by atoms with Gasteiger partial charge in [-0.05, 0) is 0 Å². The van der Waals surface area contributed by atoms with Gasteiger partial charge in [0, 0.05) is 0 Å². The molecule has 1 aromatic carbocycles. The minimum absolute atomic E-state index is 0.115. The summed E-state index contributed by atoms with van der Waals surface area (Å²) in [5.74, 6) is 0. The van der Waals surface area contributed by atoms with Gasteiger partial charge in [-0.25, -0.2) is 0 Å². The molecule has 1 atom stereocenters. The van der Waals surface area contributed by atoms with Crippen molar-refractivity contribution in [2.24, 2.45) is 0 Å². The van der Waals surface area contributed by atoms with Crippen LogP contribution >= 0.6 is 0 Å². The molecule has 1 rings (SSSR count). The maximum atomic E-state index is 9.10. The first kappa shape index (κ1) is 10.7. The summed E-state index contributed by atoms with van der Waals surface area (Å²) in [7, 11) is 0. The topological polar surface area (TPSA) is 40.5 Å². The molecule has 1 unspecified atom stereocenters. The van der Waals surface area contributed by atoms with Crippen LogP contribution in [0.5, 0.6) is 0 Å². The maximum absolute atomic E-state index is 9.10. The molecule has 0 aliphatic rings. The van der Waals surface area contributed by atoms with Crippen molar-refractivity contribution in [3.63, 3.8) is 0 Å². The molecule has 0 amide bonds. The molecule has 0 radical (unpaired) electrons. The number of aliphatic hydroxyl groups excluding tert-OH is 2. The summed E-state index contributed by atoms with van der Waals surface area (Å²) in [6.45, 7) is -0.115. The van der Waals surface area contributed by atoms with Gasteiger partial charge in [-0.1, -0.05) is 0 Å². The van der Waals surface area contributed by atoms with Gasteiger partial charge >= 0.3 is 84.4 Å². The fraction of sp³-hybridized carbons (Fsp3) is 0.400. The SMILES string of the molecule is OCC(O)C[Se]Cc1ccccc1. The number of aliphatic hydroxyl groups is 2. The van der Waals surface area contributed by atoms with E-state index >= 15 is 0 Å². The third kappa shape index (κ3) is 4.44. The van der Waals surface area contributed by atoms with Crippen LogP contribution in [0.2, 0.25) is 5.32 Å². The van der Waals surface area contributed by atoms with Crippen LogP contribution in [0.25, 0.3) is 0 Å². The molecule has 0 saturated carbocycles. The average Bonchev–Trinajstić information content (AvgIpc) is 2.19. The van der Waals surface area contributed by atoms with Gasteiger partial charge in [0.15, 0.2) is 0 Å². The van der Waals surface area contributed by atoms with Crippen LogP contribution in [-0.4, -0.2) is 37.9 Å². The van der Waals surface area contributed by atoms with Crippen molar-refractivity contribution in [2.45, 2.75) is 16.7 Å². The summed E-state index contributed by atoms with van der Waals surface area (Å²) in [5.41, 5.74) is 1.31. The number of rotatable bonds is 5. The van der Waals surface area contributed by atoms with Crippen LogP contribution in [0.1, 0.15) is 5.56 Å². The Balaban J connectivity index is 2.20. The molecule has 0 aliphatic heterocycles. The van der Waals surface area contributed by atoms with Gasteiger partial charge in [0.05, 0.1) is 0 Å². The van der Waals surface area contributed by atoms with Gasteiger partial charge in [-0.2, -0.15) is 0 Å². The van der Waals surface area contributed by atoms with Gasteiger partial charge < -0.3 is 0 Å². The second-order valence-electron chi connectivity index (χ2n) is 2.84. The molecule has 2 nitrogen and oxygen atoms in total. The van der Waals surface area contributed by atoms with Crippen molar-refractivity contribution in [1.82, 2.24) is 0 Å². The van der Waals surface area contributed by atoms with E-state index in [0.29, 0.717) is 15.0 Å². The van der Waals surface area contributed by atoms with E-state index in [0.717, 1.165) is 10.6 Å². The van der Waals surface area contributed by atoms with E-state index in [1.165, 1.54) is 5.56 Å². The Morgan fingerprint density at radius 2 is 1.92 bits per heavy atom. The van der Waals surface area contributed by atoms with E-state index in [1.54, 1.807) is 0 Å². The van der Waals surface area contributed by atoms with Crippen LogP contribution in [0.3, 0.4) is 0 Å². The Hall–Kier alpha value is -0.341. The second kappa shape index (κ2) is 6.16. The summed E-state index contributed by atoms with van der Waals surface area (Å²) in [4.78, 5) is 0. The van der Waals surface area contributed by atoms with Crippen LogP contribution in [0.15, 0.2) is 30.3 Å². The van der Waals surface area contributed by atoms with E-state index in [4.69, 9.17) is 10.2 Å². The Morgan fingerprint density at radius 3 is 2.54 bits per heavy atom. The number of benzene rings is 1. The summed E-state index contributed by atoms with van der Waals surface area (Å²) in [6, 6.07) is 10.2. The van der Waals surface area contributed by atoms with E-state index in [-0.39, 0.29) is 6.61 Å². The normalized spacial score (nSPS) is 12.8. The first-order valence-corrected chi connectivity index (χ1v) is 6.66. The molecule has 3 heteroatoms. The molecule has 72 valence electrons. The quantitative estimate of drug-likeness (QED) is 0.748. The third-order valence-electron chi connectivity index (χ3n) is 1.63. The van der Waals surface area contributed by atoms with Gasteiger partial charge in [-0.15, -0.1) is 0 Å². The van der Waals surface area contributed by atoms with Crippen molar-refractivity contribution >= 4 is 15.0 Å². The Labute approximate surface area is 84.8 Å². The zero-order valence-corrected chi connectivity index (χ0v) is 9.10. The van der Waals surface area contributed by atoms with Crippen molar-refractivity contribution in [2.75, 3.05) is 6.61 Å². The first-order valence-electron chi connectivity index (χ1n) is 4.23. The van der Waals surface area contributed by atoms with Crippen molar-refractivity contribution in [3.8, 4) is 0 Å². The molecule has 2 N–H and O–H groups in total. The summed E-state index contributed by atoms with van der Waals surface area (Å²) in [6.07, 6.45) is -0.524. The zero-order valence-electron chi connectivity index (χ0n) is 7.39. The van der Waals surface area contributed by atoms with Crippen LogP contribution in [0, 0.1) is 0 Å². The van der Waals surface area contributed by atoms with Crippen LogP contribution in [-0.2, 0) is 5.32 Å². The van der Waals surface area contributed by atoms with Crippen molar-refractivity contribution in [1.29, 1.82) is 0 Å². The van der Waals surface area contributed by atoms with Crippen LogP contribution < -0.4 is 0 Å². The Bertz CT molecular complexity index is 226. The number of hydrogen-bond acceptors (Lipinski definition) is 2. The van der Waals surface area contributed by atoms with Gasteiger partial charge in [-0.3, -0.25) is 0 Å². The predicted molar refractivity (Wildman–Crippen MR) is 53.8 cm³/mol. The van der Waals surface area contributed by atoms with Gasteiger partial charge in [0.2, 0.25) is 0 Å². The van der Waals surface area contributed by atoms with Crippen molar-refractivity contribution < 1.29 is 10.2 Å². The minimum atomic E-state index is -0.524. The van der Waals surface area contributed by atoms with E-state index < -0.39 is 6.10 Å². The second-order valence-corrected chi connectivity index (χ2v) is 5.00. The molecule has 0 saturated heterocycles. The summed E-state index contributed by atoms with van der Waals surface area (Å²) >= 11 is 0.392. The van der Waals surface area contributed by atoms with E-state index in [9.17, 15) is 0 Å². The molecule has 0 spiro atoms. The zero-order chi connectivity index (χ0) is 9.52. The fourth-order valence-corrected chi connectivity index (χ4v) is 2.88. The molecule has 1 aromatic rings. The van der Waals surface area contributed by atoms with Crippen molar-refractivity contribution in [3.05, 3.63) is 35.9 Å². The molecule has 13 heavy (non-hydrogen) atoms. The van der Waals surface area contributed by atoms with Gasteiger partial charge in [0.1, 0.15) is 0 Å². The molecule has 0 fully saturated rings. The van der Waals surface area contributed by atoms with Gasteiger partial charge in [0.25, 0.3) is 0 Å². The standard InChI is InChI=1S/C10H14O2Se/c11-6-10(12)8-13-7-9-4-2-1-3-5-9/h1-5,10-12H,6-8H2. The fourth-order valence-electron chi connectivity index (χ4n) is 0.940. The summed E-state index contributed by atoms with van der Waals surface area (Å²) in [5, 5.41) is 19.5. The molecule has 0 aliphatic carbocycles.